The molecule has 15 heavy (non-hydrogen) atoms. The van der Waals surface area contributed by atoms with Crippen molar-refractivity contribution in [2.45, 2.75) is 6.92 Å². The van der Waals surface area contributed by atoms with E-state index in [2.05, 4.69) is 22.4 Å². The van der Waals surface area contributed by atoms with E-state index >= 15 is 0 Å². The van der Waals surface area contributed by atoms with E-state index in [1.807, 2.05) is 30.5 Å². The first kappa shape index (κ1) is 8.29. The second-order valence-electron chi connectivity index (χ2n) is 3.50. The van der Waals surface area contributed by atoms with Gasteiger partial charge < -0.3 is 8.82 Å². The van der Waals surface area contributed by atoms with E-state index in [-0.39, 0.29) is 0 Å². The molecule has 74 valence electrons. The second-order valence-corrected chi connectivity index (χ2v) is 3.50. The first-order chi connectivity index (χ1) is 7.34. The van der Waals surface area contributed by atoms with Gasteiger partial charge in [-0.05, 0) is 31.2 Å². The molecule has 0 aliphatic heterocycles. The topological polar surface area (TPSA) is 30.4 Å². The van der Waals surface area contributed by atoms with Crippen LogP contribution in [0.5, 0.6) is 0 Å². The normalized spacial score (nSPS) is 11.0. The van der Waals surface area contributed by atoms with E-state index in [4.69, 9.17) is 4.42 Å². The average molecular weight is 198 g/mol. The molecule has 3 aromatic rings. The number of fused-ring (bicyclic) bond motifs is 1. The van der Waals surface area contributed by atoms with Gasteiger partial charge >= 0.3 is 0 Å². The Morgan fingerprint density at radius 2 is 2.13 bits per heavy atom. The largest absolute Gasteiger partial charge is 0.463 e. The second kappa shape index (κ2) is 2.98. The molecule has 0 atom stereocenters. The highest BCUT2D eigenvalue weighted by Crippen LogP contribution is 2.20. The monoisotopic (exact) mass is 198 g/mol. The molecular weight excluding hydrogens is 188 g/mol. The fraction of sp³-hybridized carbons (Fsp3) is 0.0833. The van der Waals surface area contributed by atoms with Crippen molar-refractivity contribution >= 4 is 5.65 Å². The molecular formula is C12H10N2O. The number of rotatable bonds is 1. The third-order valence-corrected chi connectivity index (χ3v) is 2.47. The lowest BCUT2D eigenvalue weighted by atomic mass is 10.3. The molecule has 3 aromatic heterocycles. The van der Waals surface area contributed by atoms with Crippen LogP contribution in [0.4, 0.5) is 0 Å². The van der Waals surface area contributed by atoms with Crippen LogP contribution in [0.3, 0.4) is 0 Å². The molecule has 0 radical (unpaired) electrons. The fourth-order valence-corrected chi connectivity index (χ4v) is 1.69. The SMILES string of the molecule is Cc1cccc2nc(-c3ccco3)cn12. The van der Waals surface area contributed by atoms with Gasteiger partial charge in [-0.2, -0.15) is 0 Å². The molecule has 3 rings (SSSR count). The van der Waals surface area contributed by atoms with E-state index in [9.17, 15) is 0 Å². The molecule has 0 saturated heterocycles. The zero-order chi connectivity index (χ0) is 10.3. The van der Waals surface area contributed by atoms with Crippen LogP contribution in [-0.4, -0.2) is 9.38 Å². The van der Waals surface area contributed by atoms with Crippen LogP contribution in [0, 0.1) is 6.92 Å². The summed E-state index contributed by atoms with van der Waals surface area (Å²) in [5.74, 6) is 0.804. The highest BCUT2D eigenvalue weighted by Gasteiger charge is 2.06. The summed E-state index contributed by atoms with van der Waals surface area (Å²) >= 11 is 0. The van der Waals surface area contributed by atoms with E-state index in [1.54, 1.807) is 6.26 Å². The van der Waals surface area contributed by atoms with Crippen LogP contribution in [-0.2, 0) is 0 Å². The van der Waals surface area contributed by atoms with Crippen LogP contribution in [0.1, 0.15) is 5.69 Å². The van der Waals surface area contributed by atoms with Gasteiger partial charge in [-0.25, -0.2) is 4.98 Å². The molecule has 0 fully saturated rings. The maximum absolute atomic E-state index is 5.31. The van der Waals surface area contributed by atoms with Gasteiger partial charge in [0.1, 0.15) is 11.3 Å². The van der Waals surface area contributed by atoms with Gasteiger partial charge in [-0.15, -0.1) is 0 Å². The van der Waals surface area contributed by atoms with Crippen molar-refractivity contribution < 1.29 is 4.42 Å². The summed E-state index contributed by atoms with van der Waals surface area (Å²) in [6.07, 6.45) is 3.65. The van der Waals surface area contributed by atoms with Crippen LogP contribution in [0.15, 0.2) is 47.2 Å². The van der Waals surface area contributed by atoms with Gasteiger partial charge in [0.25, 0.3) is 0 Å². The molecule has 0 saturated carbocycles. The van der Waals surface area contributed by atoms with E-state index in [1.165, 1.54) is 0 Å². The number of hydrogen-bond donors (Lipinski definition) is 0. The van der Waals surface area contributed by atoms with E-state index in [0.717, 1.165) is 22.8 Å². The van der Waals surface area contributed by atoms with Crippen molar-refractivity contribution in [3.8, 4) is 11.5 Å². The zero-order valence-corrected chi connectivity index (χ0v) is 8.34. The Morgan fingerprint density at radius 1 is 1.20 bits per heavy atom. The first-order valence-electron chi connectivity index (χ1n) is 4.83. The van der Waals surface area contributed by atoms with Crippen molar-refractivity contribution in [1.29, 1.82) is 0 Å². The zero-order valence-electron chi connectivity index (χ0n) is 8.34. The minimum Gasteiger partial charge on any atom is -0.463 e. The van der Waals surface area contributed by atoms with Gasteiger partial charge in [0.2, 0.25) is 0 Å². The minimum atomic E-state index is 0.804. The molecule has 0 N–H and O–H groups in total. The molecule has 0 spiro atoms. The third kappa shape index (κ3) is 1.24. The summed E-state index contributed by atoms with van der Waals surface area (Å²) in [7, 11) is 0. The Hall–Kier alpha value is -2.03. The molecule has 0 aromatic carbocycles. The Bertz CT molecular complexity index is 593. The smallest absolute Gasteiger partial charge is 0.153 e. The van der Waals surface area contributed by atoms with Gasteiger partial charge in [-0.3, -0.25) is 0 Å². The van der Waals surface area contributed by atoms with Gasteiger partial charge in [-0.1, -0.05) is 6.07 Å². The van der Waals surface area contributed by atoms with Crippen molar-refractivity contribution in [1.82, 2.24) is 9.38 Å². The third-order valence-electron chi connectivity index (χ3n) is 2.47. The Labute approximate surface area is 87.0 Å². The highest BCUT2D eigenvalue weighted by molar-refractivity contribution is 5.57. The van der Waals surface area contributed by atoms with Crippen LogP contribution in [0.25, 0.3) is 17.1 Å². The lowest BCUT2D eigenvalue weighted by molar-refractivity contribution is 0.580. The standard InChI is InChI=1S/C12H10N2O/c1-9-4-2-6-12-13-10(8-14(9)12)11-5-3-7-15-11/h2-8H,1H3. The van der Waals surface area contributed by atoms with E-state index < -0.39 is 0 Å². The Morgan fingerprint density at radius 3 is 2.87 bits per heavy atom. The molecule has 0 aliphatic rings. The number of hydrogen-bond acceptors (Lipinski definition) is 2. The summed E-state index contributed by atoms with van der Waals surface area (Å²) in [5.41, 5.74) is 2.98. The van der Waals surface area contributed by atoms with Crippen molar-refractivity contribution in [2.24, 2.45) is 0 Å². The molecule has 3 heterocycles. The number of pyridine rings is 1. The van der Waals surface area contributed by atoms with Crippen LogP contribution in [0.2, 0.25) is 0 Å². The van der Waals surface area contributed by atoms with Crippen molar-refractivity contribution in [3.63, 3.8) is 0 Å². The molecule has 0 bridgehead atoms. The predicted octanol–water partition coefficient (Wildman–Crippen LogP) is 2.90. The highest BCUT2D eigenvalue weighted by atomic mass is 16.3. The molecule has 3 heteroatoms. The summed E-state index contributed by atoms with van der Waals surface area (Å²) in [6, 6.07) is 9.83. The quantitative estimate of drug-likeness (QED) is 0.601. The first-order valence-corrected chi connectivity index (χ1v) is 4.83. The number of aryl methyl sites for hydroxylation is 1. The van der Waals surface area contributed by atoms with Crippen LogP contribution >= 0.6 is 0 Å². The van der Waals surface area contributed by atoms with Gasteiger partial charge in [0.05, 0.1) is 6.26 Å². The maximum Gasteiger partial charge on any atom is 0.153 e. The number of nitrogens with zero attached hydrogens (tertiary/aromatic N) is 2. The molecule has 0 aliphatic carbocycles. The lowest BCUT2D eigenvalue weighted by Crippen LogP contribution is -1.86. The summed E-state index contributed by atoms with van der Waals surface area (Å²) in [4.78, 5) is 4.49. The van der Waals surface area contributed by atoms with Crippen molar-refractivity contribution in [3.05, 3.63) is 48.5 Å². The van der Waals surface area contributed by atoms with Gasteiger partial charge in [0, 0.05) is 11.9 Å². The van der Waals surface area contributed by atoms with Gasteiger partial charge in [0.15, 0.2) is 5.76 Å². The number of aromatic nitrogens is 2. The van der Waals surface area contributed by atoms with E-state index in [0.29, 0.717) is 0 Å². The molecule has 0 amide bonds. The fourth-order valence-electron chi connectivity index (χ4n) is 1.69. The Kier molecular flexibility index (Phi) is 1.65. The van der Waals surface area contributed by atoms with Crippen molar-refractivity contribution in [2.75, 3.05) is 0 Å². The summed E-state index contributed by atoms with van der Waals surface area (Å²) in [6.45, 7) is 2.06. The number of furan rings is 1. The van der Waals surface area contributed by atoms with Crippen LogP contribution < -0.4 is 0 Å². The summed E-state index contributed by atoms with van der Waals surface area (Å²) in [5, 5.41) is 0. The Balaban J connectivity index is 2.27. The predicted molar refractivity (Wildman–Crippen MR) is 57.6 cm³/mol. The average Bonchev–Trinajstić information content (AvgIpc) is 2.86. The summed E-state index contributed by atoms with van der Waals surface area (Å²) < 4.78 is 7.37. The molecule has 0 unspecified atom stereocenters. The minimum absolute atomic E-state index is 0.804. The number of imidazole rings is 1. The lowest BCUT2D eigenvalue weighted by Gasteiger charge is -1.95. The maximum atomic E-state index is 5.31. The molecule has 3 nitrogen and oxygen atoms in total.